The number of hydrogen-bond donors (Lipinski definition) is 1. The van der Waals surface area contributed by atoms with Gasteiger partial charge >= 0.3 is 72.6 Å². The summed E-state index contributed by atoms with van der Waals surface area (Å²) in [6, 6.07) is 7.16. The predicted molar refractivity (Wildman–Crippen MR) is 37.4 cm³/mol. The van der Waals surface area contributed by atoms with Gasteiger partial charge in [-0.15, -0.1) is 0 Å². The van der Waals surface area contributed by atoms with Crippen LogP contribution in [0.3, 0.4) is 0 Å². The van der Waals surface area contributed by atoms with Crippen LogP contribution in [0.1, 0.15) is 5.56 Å². The Morgan fingerprint density at radius 2 is 1.91 bits per heavy atom. The van der Waals surface area contributed by atoms with Crippen molar-refractivity contribution in [1.82, 2.24) is 0 Å². The Hall–Kier alpha value is -0.791. The van der Waals surface area contributed by atoms with Gasteiger partial charge in [-0.25, -0.2) is 0 Å². The van der Waals surface area contributed by atoms with E-state index < -0.39 is 5.97 Å². The molecule has 3 heteroatoms. The number of benzene rings is 1. The van der Waals surface area contributed by atoms with Crippen molar-refractivity contribution in [2.24, 2.45) is 0 Å². The third-order valence-electron chi connectivity index (χ3n) is 1.26. The molecular weight excluding hydrogens is 184 g/mol. The summed E-state index contributed by atoms with van der Waals surface area (Å²) in [5.74, 6) is -0.804. The van der Waals surface area contributed by atoms with Crippen LogP contribution in [0, 0.1) is 0 Å². The Balaban J connectivity index is 2.74. The molecule has 0 aliphatic heterocycles. The van der Waals surface area contributed by atoms with Crippen LogP contribution < -0.4 is 4.46 Å². The summed E-state index contributed by atoms with van der Waals surface area (Å²) in [6.07, 6.45) is 0.0836. The number of carbonyl (C=O) groups is 1. The normalized spacial score (nSPS) is 9.55. The maximum absolute atomic E-state index is 10.2. The van der Waals surface area contributed by atoms with E-state index >= 15 is 0 Å². The quantitative estimate of drug-likeness (QED) is 0.690. The van der Waals surface area contributed by atoms with E-state index in [-0.39, 0.29) is 6.42 Å². The van der Waals surface area contributed by atoms with Gasteiger partial charge in [-0.1, -0.05) is 0 Å². The summed E-state index contributed by atoms with van der Waals surface area (Å²) < 4.78 is 0.902. The van der Waals surface area contributed by atoms with Gasteiger partial charge in [0.05, 0.1) is 0 Å². The molecule has 0 unspecified atom stereocenters. The van der Waals surface area contributed by atoms with Crippen LogP contribution in [0.15, 0.2) is 24.3 Å². The molecule has 2 nitrogen and oxygen atoms in total. The van der Waals surface area contributed by atoms with Crippen LogP contribution in [-0.2, 0) is 27.2 Å². The van der Waals surface area contributed by atoms with Gasteiger partial charge in [0.15, 0.2) is 0 Å². The number of aliphatic carboxylic acids is 1. The molecule has 0 fully saturated rings. The van der Waals surface area contributed by atoms with Crippen molar-refractivity contribution in [2.45, 2.75) is 6.42 Å². The zero-order chi connectivity index (χ0) is 8.27. The monoisotopic (exact) mass is 191 g/mol. The van der Waals surface area contributed by atoms with E-state index in [0.29, 0.717) is 0 Å². The standard InChI is InChI=1S/C8H7O2.Fe/c9-8(10)6-7-4-2-1-3-5-7;/h2-5H,6H2,(H,9,10);. The van der Waals surface area contributed by atoms with Crippen molar-refractivity contribution in [1.29, 1.82) is 0 Å². The fourth-order valence-corrected chi connectivity index (χ4v) is 0.957. The first-order chi connectivity index (χ1) is 5.18. The van der Waals surface area contributed by atoms with Crippen LogP contribution in [0.25, 0.3) is 0 Å². The van der Waals surface area contributed by atoms with Gasteiger partial charge in [0.1, 0.15) is 0 Å². The minimum absolute atomic E-state index is 0.0836. The van der Waals surface area contributed by atoms with Crippen molar-refractivity contribution in [3.8, 4) is 0 Å². The van der Waals surface area contributed by atoms with E-state index in [1.807, 2.05) is 0 Å². The van der Waals surface area contributed by atoms with Crippen molar-refractivity contribution >= 4 is 10.4 Å². The van der Waals surface area contributed by atoms with Crippen LogP contribution in [-0.4, -0.2) is 11.1 Å². The molecular formula is C8H7FeO2. The van der Waals surface area contributed by atoms with Crippen LogP contribution in [0.2, 0.25) is 0 Å². The fourth-order valence-electron chi connectivity index (χ4n) is 0.773. The Morgan fingerprint density at radius 3 is 2.36 bits per heavy atom. The van der Waals surface area contributed by atoms with E-state index in [1.54, 1.807) is 24.3 Å². The molecule has 11 heavy (non-hydrogen) atoms. The van der Waals surface area contributed by atoms with Crippen LogP contribution >= 0.6 is 0 Å². The first-order valence-corrected chi connectivity index (χ1v) is 3.69. The molecule has 0 amide bonds. The van der Waals surface area contributed by atoms with E-state index in [4.69, 9.17) is 5.11 Å². The molecule has 1 N–H and O–H groups in total. The number of carboxylic acid groups (broad SMARTS) is 1. The van der Waals surface area contributed by atoms with Gasteiger partial charge in [0.2, 0.25) is 0 Å². The molecule has 0 aliphatic carbocycles. The topological polar surface area (TPSA) is 37.3 Å². The van der Waals surface area contributed by atoms with E-state index in [2.05, 4.69) is 16.0 Å². The second-order valence-corrected chi connectivity index (χ2v) is 2.82. The first kappa shape index (κ1) is 8.31. The third kappa shape index (κ3) is 2.74. The number of rotatable bonds is 2. The molecule has 0 saturated heterocycles. The summed E-state index contributed by atoms with van der Waals surface area (Å²) in [5, 5.41) is 8.42. The molecule has 0 heterocycles. The molecule has 0 saturated carbocycles. The molecule has 0 aliphatic rings. The molecule has 0 spiro atoms. The average molecular weight is 191 g/mol. The van der Waals surface area contributed by atoms with Gasteiger partial charge in [-0.3, -0.25) is 0 Å². The van der Waals surface area contributed by atoms with Gasteiger partial charge < -0.3 is 0 Å². The minimum atomic E-state index is -0.804. The fraction of sp³-hybridized carbons (Fsp3) is 0.125. The van der Waals surface area contributed by atoms with E-state index in [1.165, 1.54) is 0 Å². The zero-order valence-electron chi connectivity index (χ0n) is 5.73. The zero-order valence-corrected chi connectivity index (χ0v) is 6.83. The number of carboxylic acids is 1. The van der Waals surface area contributed by atoms with Gasteiger partial charge in [0, 0.05) is 0 Å². The summed E-state index contributed by atoms with van der Waals surface area (Å²) >= 11 is 3.69. The van der Waals surface area contributed by atoms with Crippen molar-refractivity contribution < 1.29 is 25.9 Å². The second-order valence-electron chi connectivity index (χ2n) is 2.18. The Kier molecular flexibility index (Phi) is 2.69. The summed E-state index contributed by atoms with van der Waals surface area (Å²) in [6.45, 7) is 0. The Labute approximate surface area is 73.1 Å². The van der Waals surface area contributed by atoms with Crippen LogP contribution in [0.5, 0.6) is 0 Å². The van der Waals surface area contributed by atoms with Crippen molar-refractivity contribution in [3.63, 3.8) is 0 Å². The summed E-state index contributed by atoms with van der Waals surface area (Å²) in [4.78, 5) is 10.2. The average Bonchev–Trinajstić information content (AvgIpc) is 1.93. The van der Waals surface area contributed by atoms with E-state index in [0.717, 1.165) is 10.0 Å². The Morgan fingerprint density at radius 1 is 1.36 bits per heavy atom. The second kappa shape index (κ2) is 3.56. The maximum atomic E-state index is 10.2. The van der Waals surface area contributed by atoms with Gasteiger partial charge in [-0.05, 0) is 0 Å². The van der Waals surface area contributed by atoms with Gasteiger partial charge in [0.25, 0.3) is 0 Å². The predicted octanol–water partition coefficient (Wildman–Crippen LogP) is 0.486. The molecule has 0 atom stereocenters. The summed E-state index contributed by atoms with van der Waals surface area (Å²) in [5.41, 5.74) is 0.810. The molecule has 0 radical (unpaired) electrons. The molecule has 1 aromatic rings. The molecule has 0 bridgehead atoms. The Bertz CT molecular complexity index is 253. The number of hydrogen-bond acceptors (Lipinski definition) is 1. The van der Waals surface area contributed by atoms with Crippen LogP contribution in [0.4, 0.5) is 0 Å². The molecule has 59 valence electrons. The van der Waals surface area contributed by atoms with Crippen molar-refractivity contribution in [2.75, 3.05) is 0 Å². The van der Waals surface area contributed by atoms with Gasteiger partial charge in [-0.2, -0.15) is 0 Å². The SMILES string of the molecule is O=C(O)Cc1cc[c]([Fe])cc1. The molecule has 1 rings (SSSR count). The first-order valence-electron chi connectivity index (χ1n) is 3.13. The summed E-state index contributed by atoms with van der Waals surface area (Å²) in [7, 11) is 0. The van der Waals surface area contributed by atoms with E-state index in [9.17, 15) is 4.79 Å². The third-order valence-corrected chi connectivity index (χ3v) is 1.63. The van der Waals surface area contributed by atoms with Crippen molar-refractivity contribution in [3.05, 3.63) is 29.8 Å². The molecule has 1 aromatic carbocycles. The molecule has 0 aromatic heterocycles.